The summed E-state index contributed by atoms with van der Waals surface area (Å²) in [6.07, 6.45) is 0.670. The monoisotopic (exact) mass is 457 g/mol. The van der Waals surface area contributed by atoms with Crippen LogP contribution in [0.5, 0.6) is 5.75 Å². The highest BCUT2D eigenvalue weighted by atomic mass is 32.1. The van der Waals surface area contributed by atoms with Crippen molar-refractivity contribution in [2.45, 2.75) is 26.9 Å². The summed E-state index contributed by atoms with van der Waals surface area (Å²) >= 11 is 1.59. The lowest BCUT2D eigenvalue weighted by Gasteiger charge is -2.09. The lowest BCUT2D eigenvalue weighted by atomic mass is 10.2. The van der Waals surface area contributed by atoms with Crippen molar-refractivity contribution in [3.05, 3.63) is 69.2 Å². The Balaban J connectivity index is 1.41. The van der Waals surface area contributed by atoms with Gasteiger partial charge in [0.25, 0.3) is 5.91 Å². The standard InChI is InChI=1S/C22H23N3O6S/c1-14-19(15(2)31-25-14)12-29-17-6-3-5-16(11-17)21(27)30-13-20(26)24-22(28)23-9-8-18-7-4-10-32-18/h3-7,10-11H,8-9,12-13H2,1-2H3,(H2,23,24,26,28). The number of urea groups is 1. The third-order valence-electron chi connectivity index (χ3n) is 4.46. The third-order valence-corrected chi connectivity index (χ3v) is 5.39. The second kappa shape index (κ2) is 11.1. The molecule has 0 aliphatic heterocycles. The Morgan fingerprint density at radius 2 is 2.00 bits per heavy atom. The highest BCUT2D eigenvalue weighted by Gasteiger charge is 2.14. The molecular formula is C22H23N3O6S. The molecular weight excluding hydrogens is 434 g/mol. The fourth-order valence-corrected chi connectivity index (χ4v) is 3.46. The van der Waals surface area contributed by atoms with Gasteiger partial charge in [-0.3, -0.25) is 10.1 Å². The maximum Gasteiger partial charge on any atom is 0.338 e. The quantitative estimate of drug-likeness (QED) is 0.474. The van der Waals surface area contributed by atoms with Crippen LogP contribution in [0, 0.1) is 13.8 Å². The fraction of sp³-hybridized carbons (Fsp3) is 0.273. The molecule has 2 N–H and O–H groups in total. The average molecular weight is 458 g/mol. The van der Waals surface area contributed by atoms with Gasteiger partial charge in [0.1, 0.15) is 18.1 Å². The minimum atomic E-state index is -0.724. The average Bonchev–Trinajstić information content (AvgIpc) is 3.40. The molecule has 0 aliphatic rings. The van der Waals surface area contributed by atoms with Gasteiger partial charge < -0.3 is 19.3 Å². The largest absolute Gasteiger partial charge is 0.489 e. The summed E-state index contributed by atoms with van der Waals surface area (Å²) in [4.78, 5) is 37.0. The van der Waals surface area contributed by atoms with Crippen LogP contribution < -0.4 is 15.4 Å². The van der Waals surface area contributed by atoms with E-state index >= 15 is 0 Å². The van der Waals surface area contributed by atoms with E-state index in [9.17, 15) is 14.4 Å². The zero-order valence-corrected chi connectivity index (χ0v) is 18.5. The maximum absolute atomic E-state index is 12.2. The second-order valence-corrected chi connectivity index (χ2v) is 7.86. The lowest BCUT2D eigenvalue weighted by Crippen LogP contribution is -2.42. The van der Waals surface area contributed by atoms with Crippen molar-refractivity contribution in [3.63, 3.8) is 0 Å². The molecule has 3 aromatic rings. The number of ether oxygens (including phenoxy) is 2. The molecule has 3 rings (SSSR count). The molecule has 0 radical (unpaired) electrons. The van der Waals surface area contributed by atoms with Gasteiger partial charge in [-0.2, -0.15) is 0 Å². The molecule has 0 atom stereocenters. The number of imide groups is 1. The summed E-state index contributed by atoms with van der Waals surface area (Å²) in [6.45, 7) is 3.66. The number of hydrogen-bond acceptors (Lipinski definition) is 8. The summed E-state index contributed by atoms with van der Waals surface area (Å²) in [6, 6.07) is 9.64. The lowest BCUT2D eigenvalue weighted by molar-refractivity contribution is -0.123. The van der Waals surface area contributed by atoms with Gasteiger partial charge in [-0.05, 0) is 49.9 Å². The van der Waals surface area contributed by atoms with E-state index < -0.39 is 24.5 Å². The van der Waals surface area contributed by atoms with Crippen molar-refractivity contribution in [1.82, 2.24) is 15.8 Å². The zero-order valence-electron chi connectivity index (χ0n) is 17.7. The smallest absolute Gasteiger partial charge is 0.338 e. The van der Waals surface area contributed by atoms with Gasteiger partial charge in [0, 0.05) is 11.4 Å². The number of carbonyl (C=O) groups is 3. The van der Waals surface area contributed by atoms with Crippen LogP contribution in [0.2, 0.25) is 0 Å². The van der Waals surface area contributed by atoms with Gasteiger partial charge in [0.15, 0.2) is 6.61 Å². The van der Waals surface area contributed by atoms with Crippen LogP contribution in [0.1, 0.15) is 32.3 Å². The van der Waals surface area contributed by atoms with E-state index in [-0.39, 0.29) is 12.2 Å². The van der Waals surface area contributed by atoms with Gasteiger partial charge in [0.2, 0.25) is 0 Å². The molecule has 10 heteroatoms. The van der Waals surface area contributed by atoms with Crippen molar-refractivity contribution in [2.75, 3.05) is 13.2 Å². The summed E-state index contributed by atoms with van der Waals surface area (Å²) in [7, 11) is 0. The molecule has 3 amide bonds. The molecule has 32 heavy (non-hydrogen) atoms. The number of nitrogens with zero attached hydrogens (tertiary/aromatic N) is 1. The molecule has 0 spiro atoms. The molecule has 2 aromatic heterocycles. The molecule has 0 saturated carbocycles. The van der Waals surface area contributed by atoms with Gasteiger partial charge in [-0.15, -0.1) is 11.3 Å². The predicted molar refractivity (Wildman–Crippen MR) is 117 cm³/mol. The van der Waals surface area contributed by atoms with E-state index in [2.05, 4.69) is 15.8 Å². The molecule has 0 aliphatic carbocycles. The molecule has 2 heterocycles. The number of rotatable bonds is 9. The van der Waals surface area contributed by atoms with E-state index in [0.29, 0.717) is 24.5 Å². The molecule has 0 saturated heterocycles. The van der Waals surface area contributed by atoms with E-state index in [1.54, 1.807) is 36.5 Å². The van der Waals surface area contributed by atoms with E-state index in [4.69, 9.17) is 14.0 Å². The molecule has 0 fully saturated rings. The fourth-order valence-electron chi connectivity index (χ4n) is 2.75. The molecule has 0 bridgehead atoms. The summed E-state index contributed by atoms with van der Waals surface area (Å²) < 4.78 is 15.8. The van der Waals surface area contributed by atoms with Crippen molar-refractivity contribution in [1.29, 1.82) is 0 Å². The van der Waals surface area contributed by atoms with Gasteiger partial charge in [0.05, 0.1) is 16.8 Å². The number of carbonyl (C=O) groups excluding carboxylic acids is 3. The normalized spacial score (nSPS) is 10.4. The van der Waals surface area contributed by atoms with Gasteiger partial charge >= 0.3 is 12.0 Å². The van der Waals surface area contributed by atoms with E-state index in [0.717, 1.165) is 16.1 Å². The highest BCUT2D eigenvalue weighted by Crippen LogP contribution is 2.19. The number of amides is 3. The van der Waals surface area contributed by atoms with Crippen molar-refractivity contribution in [3.8, 4) is 5.75 Å². The first kappa shape index (κ1) is 23.0. The number of thiophene rings is 1. The van der Waals surface area contributed by atoms with Crippen LogP contribution >= 0.6 is 11.3 Å². The van der Waals surface area contributed by atoms with Crippen LogP contribution in [0.4, 0.5) is 4.79 Å². The minimum Gasteiger partial charge on any atom is -0.489 e. The van der Waals surface area contributed by atoms with Gasteiger partial charge in [-0.25, -0.2) is 9.59 Å². The Hall–Kier alpha value is -3.66. The van der Waals surface area contributed by atoms with Crippen LogP contribution in [-0.2, 0) is 22.6 Å². The number of benzene rings is 1. The first-order chi connectivity index (χ1) is 15.4. The van der Waals surface area contributed by atoms with Crippen LogP contribution in [0.3, 0.4) is 0 Å². The van der Waals surface area contributed by atoms with Crippen LogP contribution in [0.15, 0.2) is 46.3 Å². The van der Waals surface area contributed by atoms with Crippen molar-refractivity contribution >= 4 is 29.2 Å². The number of nitrogens with one attached hydrogen (secondary N) is 2. The summed E-state index contributed by atoms with van der Waals surface area (Å²) in [5.74, 6) is -0.313. The SMILES string of the molecule is Cc1noc(C)c1COc1cccc(C(=O)OCC(=O)NC(=O)NCCc2cccs2)c1. The van der Waals surface area contributed by atoms with E-state index in [1.165, 1.54) is 6.07 Å². The number of aromatic nitrogens is 1. The van der Waals surface area contributed by atoms with Crippen LogP contribution in [0.25, 0.3) is 0 Å². The Labute approximate surface area is 188 Å². The predicted octanol–water partition coefficient (Wildman–Crippen LogP) is 3.16. The molecule has 0 unspecified atom stereocenters. The second-order valence-electron chi connectivity index (χ2n) is 6.83. The molecule has 1 aromatic carbocycles. The van der Waals surface area contributed by atoms with Crippen LogP contribution in [-0.4, -0.2) is 36.2 Å². The number of aryl methyl sites for hydroxylation is 2. The minimum absolute atomic E-state index is 0.217. The van der Waals surface area contributed by atoms with Crippen molar-refractivity contribution < 1.29 is 28.4 Å². The number of hydrogen-bond donors (Lipinski definition) is 2. The molecule has 168 valence electrons. The Bertz CT molecular complexity index is 1060. The number of esters is 1. The first-order valence-corrected chi connectivity index (χ1v) is 10.7. The van der Waals surface area contributed by atoms with Crippen molar-refractivity contribution in [2.24, 2.45) is 0 Å². The third kappa shape index (κ3) is 6.67. The van der Waals surface area contributed by atoms with E-state index in [1.807, 2.05) is 24.4 Å². The zero-order chi connectivity index (χ0) is 22.9. The molecule has 9 nitrogen and oxygen atoms in total. The highest BCUT2D eigenvalue weighted by molar-refractivity contribution is 7.09. The Morgan fingerprint density at radius 1 is 1.16 bits per heavy atom. The first-order valence-electron chi connectivity index (χ1n) is 9.84. The Kier molecular flexibility index (Phi) is 7.98. The van der Waals surface area contributed by atoms with Gasteiger partial charge in [-0.1, -0.05) is 17.3 Å². The summed E-state index contributed by atoms with van der Waals surface area (Å²) in [5.41, 5.74) is 1.79. The maximum atomic E-state index is 12.2. The topological polar surface area (TPSA) is 120 Å². The Morgan fingerprint density at radius 3 is 2.72 bits per heavy atom. The summed E-state index contributed by atoms with van der Waals surface area (Å²) in [5, 5.41) is 10.5.